The third-order valence-electron chi connectivity index (χ3n) is 3.80. The van der Waals surface area contributed by atoms with Gasteiger partial charge in [-0.05, 0) is 30.9 Å². The molecule has 0 saturated heterocycles. The minimum Gasteiger partial charge on any atom is -0.480 e. The topological polar surface area (TPSA) is 122 Å². The molecule has 0 aliphatic rings. The van der Waals surface area contributed by atoms with Crippen molar-refractivity contribution in [1.29, 1.82) is 0 Å². The van der Waals surface area contributed by atoms with Gasteiger partial charge in [0.05, 0.1) is 6.04 Å². The number of aromatic nitrogens is 1. The van der Waals surface area contributed by atoms with Crippen LogP contribution in [0.25, 0.3) is 10.9 Å². The highest BCUT2D eigenvalue weighted by atomic mass is 16.4. The molecule has 0 bridgehead atoms. The zero-order chi connectivity index (χ0) is 16.1. The number of carboxylic acid groups (broad SMARTS) is 1. The standard InChI is InChI=1S/C16H21N3O3/c17-12(5-3-6-13(18)16(21)22)15(20)8-10-9-19-14-7-2-1-4-11(10)14/h1-2,4,7,9,12-13,19H,3,5-6,8,17-18H2,(H,21,22)/t12?,13-/m0/s1. The Bertz CT molecular complexity index is 665. The maximum atomic E-state index is 12.2. The first-order valence-corrected chi connectivity index (χ1v) is 7.30. The summed E-state index contributed by atoms with van der Waals surface area (Å²) in [7, 11) is 0. The third kappa shape index (κ3) is 3.93. The molecule has 6 nitrogen and oxygen atoms in total. The van der Waals surface area contributed by atoms with E-state index in [0.717, 1.165) is 16.5 Å². The summed E-state index contributed by atoms with van der Waals surface area (Å²) in [5.74, 6) is -1.08. The number of hydrogen-bond donors (Lipinski definition) is 4. The average Bonchev–Trinajstić information content (AvgIpc) is 2.90. The van der Waals surface area contributed by atoms with Crippen molar-refractivity contribution in [3.63, 3.8) is 0 Å². The molecule has 1 unspecified atom stereocenters. The molecule has 22 heavy (non-hydrogen) atoms. The van der Waals surface area contributed by atoms with Gasteiger partial charge >= 0.3 is 5.97 Å². The van der Waals surface area contributed by atoms with Gasteiger partial charge in [0.25, 0.3) is 0 Å². The molecule has 1 aromatic carbocycles. The van der Waals surface area contributed by atoms with E-state index >= 15 is 0 Å². The number of aromatic amines is 1. The Balaban J connectivity index is 1.87. The van der Waals surface area contributed by atoms with Crippen molar-refractivity contribution in [3.8, 4) is 0 Å². The molecule has 6 N–H and O–H groups in total. The summed E-state index contributed by atoms with van der Waals surface area (Å²) in [4.78, 5) is 25.9. The van der Waals surface area contributed by atoms with Gasteiger partial charge in [0.1, 0.15) is 6.04 Å². The Morgan fingerprint density at radius 3 is 2.55 bits per heavy atom. The number of fused-ring (bicyclic) bond motifs is 1. The van der Waals surface area contributed by atoms with Crippen molar-refractivity contribution in [1.82, 2.24) is 4.98 Å². The number of benzene rings is 1. The fourth-order valence-electron chi connectivity index (χ4n) is 2.44. The summed E-state index contributed by atoms with van der Waals surface area (Å²) in [6.07, 6.45) is 3.39. The van der Waals surface area contributed by atoms with E-state index in [0.29, 0.717) is 19.3 Å². The molecule has 2 atom stereocenters. The van der Waals surface area contributed by atoms with Crippen LogP contribution in [0, 0.1) is 0 Å². The van der Waals surface area contributed by atoms with Gasteiger partial charge in [-0.25, -0.2) is 0 Å². The summed E-state index contributed by atoms with van der Waals surface area (Å²) in [6.45, 7) is 0. The highest BCUT2D eigenvalue weighted by molar-refractivity contribution is 5.91. The van der Waals surface area contributed by atoms with Crippen LogP contribution in [0.2, 0.25) is 0 Å². The van der Waals surface area contributed by atoms with E-state index in [9.17, 15) is 9.59 Å². The largest absolute Gasteiger partial charge is 0.480 e. The molecule has 118 valence electrons. The van der Waals surface area contributed by atoms with E-state index in [1.54, 1.807) is 0 Å². The van der Waals surface area contributed by atoms with Crippen LogP contribution in [0.3, 0.4) is 0 Å². The van der Waals surface area contributed by atoms with Crippen molar-refractivity contribution < 1.29 is 14.7 Å². The summed E-state index contributed by atoms with van der Waals surface area (Å²) < 4.78 is 0. The van der Waals surface area contributed by atoms with Crippen molar-refractivity contribution in [2.24, 2.45) is 11.5 Å². The first-order valence-electron chi connectivity index (χ1n) is 7.30. The number of carbonyl (C=O) groups is 2. The van der Waals surface area contributed by atoms with E-state index in [4.69, 9.17) is 16.6 Å². The maximum absolute atomic E-state index is 12.2. The Kier molecular flexibility index (Phi) is 5.30. The van der Waals surface area contributed by atoms with Crippen LogP contribution >= 0.6 is 0 Å². The minimum atomic E-state index is -1.03. The first kappa shape index (κ1) is 16.2. The molecule has 0 aliphatic carbocycles. The Hall–Kier alpha value is -2.18. The maximum Gasteiger partial charge on any atom is 0.320 e. The van der Waals surface area contributed by atoms with Gasteiger partial charge in [-0.15, -0.1) is 0 Å². The average molecular weight is 303 g/mol. The van der Waals surface area contributed by atoms with Crippen LogP contribution < -0.4 is 11.5 Å². The lowest BCUT2D eigenvalue weighted by Crippen LogP contribution is -2.33. The van der Waals surface area contributed by atoms with E-state index in [-0.39, 0.29) is 12.2 Å². The SMILES string of the molecule is NC(CCC[C@H](N)C(=O)O)C(=O)Cc1c[nH]c2ccccc12. The normalized spacial score (nSPS) is 13.9. The first-order chi connectivity index (χ1) is 10.5. The van der Waals surface area contributed by atoms with E-state index in [1.165, 1.54) is 0 Å². The molecule has 2 aromatic rings. The number of aliphatic carboxylic acids is 1. The van der Waals surface area contributed by atoms with Crippen LogP contribution in [0.15, 0.2) is 30.5 Å². The van der Waals surface area contributed by atoms with Crippen LogP contribution in [-0.4, -0.2) is 33.9 Å². The number of rotatable bonds is 8. The second-order valence-electron chi connectivity index (χ2n) is 5.48. The number of H-pyrrole nitrogens is 1. The number of Topliss-reactive ketones (excluding diaryl/α,β-unsaturated/α-hetero) is 1. The Morgan fingerprint density at radius 2 is 1.82 bits per heavy atom. The lowest BCUT2D eigenvalue weighted by atomic mass is 9.99. The summed E-state index contributed by atoms with van der Waals surface area (Å²) in [5.41, 5.74) is 13.2. The second-order valence-corrected chi connectivity index (χ2v) is 5.48. The summed E-state index contributed by atoms with van der Waals surface area (Å²) in [5, 5.41) is 9.73. The predicted molar refractivity (Wildman–Crippen MR) is 84.4 cm³/mol. The van der Waals surface area contributed by atoms with Gasteiger partial charge in [0.15, 0.2) is 5.78 Å². The van der Waals surface area contributed by atoms with Crippen LogP contribution in [-0.2, 0) is 16.0 Å². The van der Waals surface area contributed by atoms with Crippen molar-refractivity contribution in [2.75, 3.05) is 0 Å². The number of carboxylic acids is 1. The molecule has 1 aromatic heterocycles. The number of carbonyl (C=O) groups excluding carboxylic acids is 1. The number of para-hydroxylation sites is 1. The van der Waals surface area contributed by atoms with Crippen molar-refractivity contribution in [2.45, 2.75) is 37.8 Å². The van der Waals surface area contributed by atoms with Gasteiger partial charge in [0.2, 0.25) is 0 Å². The van der Waals surface area contributed by atoms with Gasteiger partial charge in [-0.3, -0.25) is 9.59 Å². The zero-order valence-electron chi connectivity index (χ0n) is 12.3. The number of hydrogen-bond acceptors (Lipinski definition) is 4. The molecule has 0 aliphatic heterocycles. The van der Waals surface area contributed by atoms with Crippen LogP contribution in [0.4, 0.5) is 0 Å². The molecule has 2 rings (SSSR count). The zero-order valence-corrected chi connectivity index (χ0v) is 12.3. The van der Waals surface area contributed by atoms with E-state index < -0.39 is 18.1 Å². The monoisotopic (exact) mass is 303 g/mol. The summed E-state index contributed by atoms with van der Waals surface area (Å²) in [6, 6.07) is 6.30. The highest BCUT2D eigenvalue weighted by Gasteiger charge is 2.17. The fraction of sp³-hybridized carbons (Fsp3) is 0.375. The van der Waals surface area contributed by atoms with Gasteiger partial charge in [-0.2, -0.15) is 0 Å². The second kappa shape index (κ2) is 7.20. The van der Waals surface area contributed by atoms with E-state index in [1.807, 2.05) is 30.5 Å². The number of ketones is 1. The molecule has 0 fully saturated rings. The molecule has 0 saturated carbocycles. The third-order valence-corrected chi connectivity index (χ3v) is 3.80. The van der Waals surface area contributed by atoms with Crippen LogP contribution in [0.5, 0.6) is 0 Å². The number of nitrogens with two attached hydrogens (primary N) is 2. The summed E-state index contributed by atoms with van der Waals surface area (Å²) >= 11 is 0. The van der Waals surface area contributed by atoms with Crippen LogP contribution in [0.1, 0.15) is 24.8 Å². The minimum absolute atomic E-state index is 0.0475. The Morgan fingerprint density at radius 1 is 1.14 bits per heavy atom. The fourth-order valence-corrected chi connectivity index (χ4v) is 2.44. The van der Waals surface area contributed by atoms with Gasteiger partial charge in [0, 0.05) is 23.5 Å². The van der Waals surface area contributed by atoms with Gasteiger partial charge in [-0.1, -0.05) is 18.2 Å². The quantitative estimate of drug-likeness (QED) is 0.583. The molecule has 6 heteroatoms. The molecule has 0 spiro atoms. The van der Waals surface area contributed by atoms with Crippen molar-refractivity contribution in [3.05, 3.63) is 36.0 Å². The molecule has 1 heterocycles. The Labute approximate surface area is 128 Å². The van der Waals surface area contributed by atoms with Gasteiger partial charge < -0.3 is 21.6 Å². The highest BCUT2D eigenvalue weighted by Crippen LogP contribution is 2.19. The van der Waals surface area contributed by atoms with E-state index in [2.05, 4.69) is 4.98 Å². The lowest BCUT2D eigenvalue weighted by molar-refractivity contribution is -0.138. The number of nitrogens with one attached hydrogen (secondary N) is 1. The molecular formula is C16H21N3O3. The predicted octanol–water partition coefficient (Wildman–Crippen LogP) is 1.19. The molecule has 0 amide bonds. The lowest BCUT2D eigenvalue weighted by Gasteiger charge is -2.11. The van der Waals surface area contributed by atoms with Crippen molar-refractivity contribution >= 4 is 22.7 Å². The molecule has 0 radical (unpaired) electrons. The smallest absolute Gasteiger partial charge is 0.320 e. The molecular weight excluding hydrogens is 282 g/mol.